The fourth-order valence-electron chi connectivity index (χ4n) is 2.58. The first-order valence-electron chi connectivity index (χ1n) is 7.68. The van der Waals surface area contributed by atoms with Gasteiger partial charge in [-0.2, -0.15) is 0 Å². The molecule has 0 spiro atoms. The lowest BCUT2D eigenvalue weighted by Gasteiger charge is -2.21. The third-order valence-corrected chi connectivity index (χ3v) is 3.91. The molecule has 2 heterocycles. The summed E-state index contributed by atoms with van der Waals surface area (Å²) in [5.74, 6) is 2.02. The van der Waals surface area contributed by atoms with Crippen LogP contribution in [0.25, 0.3) is 0 Å². The van der Waals surface area contributed by atoms with Gasteiger partial charge in [0, 0.05) is 32.2 Å². The molecule has 1 saturated heterocycles. The lowest BCUT2D eigenvalue weighted by molar-refractivity contribution is 0.0639. The Morgan fingerprint density at radius 1 is 1.42 bits per heavy atom. The summed E-state index contributed by atoms with van der Waals surface area (Å²) in [5.41, 5.74) is 0. The van der Waals surface area contributed by atoms with Gasteiger partial charge in [-0.25, -0.2) is 4.98 Å². The van der Waals surface area contributed by atoms with Crippen LogP contribution in [0.4, 0.5) is 0 Å². The summed E-state index contributed by atoms with van der Waals surface area (Å²) in [5, 5.41) is 3.53. The number of unbranched alkanes of at least 4 members (excludes halogenated alkanes) is 1. The summed E-state index contributed by atoms with van der Waals surface area (Å²) in [6.45, 7) is 7.19. The maximum absolute atomic E-state index is 5.38. The molecule has 1 aliphatic heterocycles. The molecule has 0 aromatic carbocycles. The van der Waals surface area contributed by atoms with Crippen LogP contribution in [0.1, 0.15) is 44.9 Å². The van der Waals surface area contributed by atoms with Crippen molar-refractivity contribution in [3.63, 3.8) is 0 Å². The summed E-state index contributed by atoms with van der Waals surface area (Å²) in [6.07, 6.45) is 10.2. The largest absolute Gasteiger partial charge is 0.381 e. The van der Waals surface area contributed by atoms with E-state index in [4.69, 9.17) is 4.74 Å². The molecule has 1 aromatic rings. The molecule has 108 valence electrons. The molecule has 0 atom stereocenters. The fraction of sp³-hybridized carbons (Fsp3) is 0.800. The van der Waals surface area contributed by atoms with E-state index in [0.29, 0.717) is 0 Å². The third kappa shape index (κ3) is 4.96. The van der Waals surface area contributed by atoms with Gasteiger partial charge in [0.2, 0.25) is 0 Å². The van der Waals surface area contributed by atoms with Crippen molar-refractivity contribution in [3.8, 4) is 0 Å². The molecular formula is C15H27N3O. The first-order chi connectivity index (χ1) is 9.40. The average Bonchev–Trinajstić information content (AvgIpc) is 2.90. The summed E-state index contributed by atoms with van der Waals surface area (Å²) < 4.78 is 7.65. The lowest BCUT2D eigenvalue weighted by atomic mass is 9.97. The predicted octanol–water partition coefficient (Wildman–Crippen LogP) is 2.59. The van der Waals surface area contributed by atoms with Crippen molar-refractivity contribution >= 4 is 0 Å². The monoisotopic (exact) mass is 265 g/mol. The third-order valence-electron chi connectivity index (χ3n) is 3.91. The zero-order valence-corrected chi connectivity index (χ0v) is 12.1. The fourth-order valence-corrected chi connectivity index (χ4v) is 2.58. The molecule has 1 fully saturated rings. The zero-order valence-electron chi connectivity index (χ0n) is 12.1. The summed E-state index contributed by atoms with van der Waals surface area (Å²) in [4.78, 5) is 4.43. The van der Waals surface area contributed by atoms with E-state index in [-0.39, 0.29) is 0 Å². The van der Waals surface area contributed by atoms with E-state index in [1.807, 2.05) is 6.20 Å². The Balaban J connectivity index is 1.63. The average molecular weight is 265 g/mol. The number of aromatic nitrogens is 2. The van der Waals surface area contributed by atoms with E-state index >= 15 is 0 Å². The second-order valence-electron chi connectivity index (χ2n) is 5.41. The summed E-state index contributed by atoms with van der Waals surface area (Å²) in [7, 11) is 0. The lowest BCUT2D eigenvalue weighted by Crippen LogP contribution is -2.23. The maximum atomic E-state index is 5.38. The highest BCUT2D eigenvalue weighted by Crippen LogP contribution is 2.17. The highest BCUT2D eigenvalue weighted by Gasteiger charge is 2.13. The second-order valence-corrected chi connectivity index (χ2v) is 5.41. The van der Waals surface area contributed by atoms with Crippen molar-refractivity contribution < 1.29 is 4.74 Å². The van der Waals surface area contributed by atoms with Crippen LogP contribution in [-0.2, 0) is 17.8 Å². The van der Waals surface area contributed by atoms with Crippen LogP contribution in [0, 0.1) is 5.92 Å². The molecular weight excluding hydrogens is 238 g/mol. The number of ether oxygens (including phenoxy) is 1. The zero-order chi connectivity index (χ0) is 13.3. The SMILES string of the molecule is CCCCn1ccnc1CNCCC1CCOCC1. The molecule has 0 bridgehead atoms. The van der Waals surface area contributed by atoms with Crippen LogP contribution in [0.3, 0.4) is 0 Å². The number of nitrogens with zero attached hydrogens (tertiary/aromatic N) is 2. The Kier molecular flexibility index (Phi) is 6.37. The Morgan fingerprint density at radius 2 is 2.26 bits per heavy atom. The van der Waals surface area contributed by atoms with Gasteiger partial charge in [0.25, 0.3) is 0 Å². The van der Waals surface area contributed by atoms with E-state index in [1.54, 1.807) is 0 Å². The number of aryl methyl sites for hydroxylation is 1. The van der Waals surface area contributed by atoms with Gasteiger partial charge in [-0.1, -0.05) is 13.3 Å². The van der Waals surface area contributed by atoms with Gasteiger partial charge in [0.1, 0.15) is 5.82 Å². The van der Waals surface area contributed by atoms with Crippen LogP contribution in [-0.4, -0.2) is 29.3 Å². The van der Waals surface area contributed by atoms with Gasteiger partial charge >= 0.3 is 0 Å². The van der Waals surface area contributed by atoms with Crippen molar-refractivity contribution in [1.29, 1.82) is 0 Å². The summed E-state index contributed by atoms with van der Waals surface area (Å²) >= 11 is 0. The van der Waals surface area contributed by atoms with Crippen LogP contribution < -0.4 is 5.32 Å². The number of hydrogen-bond acceptors (Lipinski definition) is 3. The van der Waals surface area contributed by atoms with Crippen molar-refractivity contribution in [1.82, 2.24) is 14.9 Å². The Bertz CT molecular complexity index is 345. The number of nitrogens with one attached hydrogen (secondary N) is 1. The Morgan fingerprint density at radius 3 is 3.05 bits per heavy atom. The van der Waals surface area contributed by atoms with E-state index in [9.17, 15) is 0 Å². The summed E-state index contributed by atoms with van der Waals surface area (Å²) in [6, 6.07) is 0. The van der Waals surface area contributed by atoms with Crippen molar-refractivity contribution in [2.45, 2.75) is 52.1 Å². The molecule has 0 unspecified atom stereocenters. The Labute approximate surface area is 116 Å². The van der Waals surface area contributed by atoms with Crippen LogP contribution in [0.2, 0.25) is 0 Å². The van der Waals surface area contributed by atoms with Crippen molar-refractivity contribution in [2.24, 2.45) is 5.92 Å². The van der Waals surface area contributed by atoms with Gasteiger partial charge < -0.3 is 14.6 Å². The van der Waals surface area contributed by atoms with Crippen molar-refractivity contribution in [2.75, 3.05) is 19.8 Å². The van der Waals surface area contributed by atoms with E-state index < -0.39 is 0 Å². The minimum Gasteiger partial charge on any atom is -0.381 e. The molecule has 0 amide bonds. The van der Waals surface area contributed by atoms with Gasteiger partial charge in [-0.15, -0.1) is 0 Å². The maximum Gasteiger partial charge on any atom is 0.122 e. The topological polar surface area (TPSA) is 39.1 Å². The molecule has 0 aliphatic carbocycles. The number of imidazole rings is 1. The van der Waals surface area contributed by atoms with Gasteiger partial charge in [-0.05, 0) is 38.1 Å². The molecule has 19 heavy (non-hydrogen) atoms. The molecule has 2 rings (SSSR count). The highest BCUT2D eigenvalue weighted by atomic mass is 16.5. The van der Waals surface area contributed by atoms with Crippen LogP contribution >= 0.6 is 0 Å². The van der Waals surface area contributed by atoms with Gasteiger partial charge in [0.05, 0.1) is 6.54 Å². The molecule has 0 radical (unpaired) electrons. The minimum atomic E-state index is 0.848. The molecule has 1 aromatic heterocycles. The van der Waals surface area contributed by atoms with Crippen LogP contribution in [0.5, 0.6) is 0 Å². The Hall–Kier alpha value is -0.870. The molecule has 4 heteroatoms. The first-order valence-corrected chi connectivity index (χ1v) is 7.68. The second kappa shape index (κ2) is 8.33. The minimum absolute atomic E-state index is 0.848. The van der Waals surface area contributed by atoms with Crippen LogP contribution in [0.15, 0.2) is 12.4 Å². The number of rotatable bonds is 8. The molecule has 0 saturated carbocycles. The predicted molar refractivity (Wildman–Crippen MR) is 77.0 cm³/mol. The normalized spacial score (nSPS) is 16.9. The number of hydrogen-bond donors (Lipinski definition) is 1. The molecule has 4 nitrogen and oxygen atoms in total. The van der Waals surface area contributed by atoms with E-state index in [0.717, 1.165) is 38.8 Å². The first kappa shape index (κ1) is 14.5. The van der Waals surface area contributed by atoms with Gasteiger partial charge in [0.15, 0.2) is 0 Å². The van der Waals surface area contributed by atoms with Crippen molar-refractivity contribution in [3.05, 3.63) is 18.2 Å². The van der Waals surface area contributed by atoms with Gasteiger partial charge in [-0.3, -0.25) is 0 Å². The standard InChI is InChI=1S/C15H27N3O/c1-2-3-9-18-10-8-17-15(18)13-16-7-4-14-5-11-19-12-6-14/h8,10,14,16H,2-7,9,11-13H2,1H3. The highest BCUT2D eigenvalue weighted by molar-refractivity contribution is 4.91. The molecule has 1 N–H and O–H groups in total. The van der Waals surface area contributed by atoms with E-state index in [1.165, 1.54) is 37.9 Å². The van der Waals surface area contributed by atoms with E-state index in [2.05, 4.69) is 28.0 Å². The smallest absolute Gasteiger partial charge is 0.122 e. The quantitative estimate of drug-likeness (QED) is 0.734. The molecule has 1 aliphatic rings.